The summed E-state index contributed by atoms with van der Waals surface area (Å²) in [7, 11) is 0. The molecule has 1 radical (unpaired) electrons. The quantitative estimate of drug-likeness (QED) is 0.272. The summed E-state index contributed by atoms with van der Waals surface area (Å²) in [5.74, 6) is 0. The van der Waals surface area contributed by atoms with Gasteiger partial charge >= 0.3 is 49.4 Å². The Bertz CT molecular complexity index is 3.25. The minimum atomic E-state index is 0. The molecule has 0 saturated heterocycles. The van der Waals surface area contributed by atoms with E-state index in [1.165, 1.54) is 0 Å². The standard InChI is InChI=1S/Eu.3HI/h;3*1H/q+2;;;/p-3. The van der Waals surface area contributed by atoms with Crippen molar-refractivity contribution in [3.63, 3.8) is 0 Å². The molecular weight excluding hydrogens is 533 g/mol. The third-order valence-electron chi connectivity index (χ3n) is 0. The van der Waals surface area contributed by atoms with Crippen LogP contribution in [-0.2, 0) is 0 Å². The fourth-order valence-corrected chi connectivity index (χ4v) is 0. The molecule has 0 N–H and O–H groups in total. The van der Waals surface area contributed by atoms with Gasteiger partial charge in [0.25, 0.3) is 0 Å². The molecule has 0 unspecified atom stereocenters. The van der Waals surface area contributed by atoms with Gasteiger partial charge in [0.2, 0.25) is 0 Å². The Kier molecular flexibility index (Phi) is 99.3. The normalized spacial score (nSPS) is 0. The molecule has 0 atom stereocenters. The summed E-state index contributed by atoms with van der Waals surface area (Å²) in [5, 5.41) is 0. The van der Waals surface area contributed by atoms with Crippen molar-refractivity contribution in [1.29, 1.82) is 0 Å². The molecule has 0 aliphatic carbocycles. The van der Waals surface area contributed by atoms with E-state index in [1.807, 2.05) is 0 Å². The first-order valence-electron chi connectivity index (χ1n) is 0. The first-order chi connectivity index (χ1) is 0. The fourth-order valence-electron chi connectivity index (χ4n) is 0. The average Bonchev–Trinajstić information content (AvgIpc) is 0. The molecule has 0 aromatic heterocycles. The van der Waals surface area contributed by atoms with Crippen LogP contribution in [0.25, 0.3) is 0 Å². The maximum Gasteiger partial charge on any atom is 2.00 e. The monoisotopic (exact) mass is 534 g/mol. The van der Waals surface area contributed by atoms with E-state index in [9.17, 15) is 0 Å². The predicted molar refractivity (Wildman–Crippen MR) is 0 cm³/mol. The van der Waals surface area contributed by atoms with Gasteiger partial charge in [-0.15, -0.1) is 0 Å². The SMILES string of the molecule is [Eu+2].[I-].[I-].[I-]. The molecule has 0 aromatic carbocycles. The van der Waals surface area contributed by atoms with Crippen LogP contribution in [0, 0.1) is 49.4 Å². The maximum atomic E-state index is 0. The van der Waals surface area contributed by atoms with Crippen molar-refractivity contribution < 1.29 is 121 Å². The zero-order chi connectivity index (χ0) is 0. The van der Waals surface area contributed by atoms with Gasteiger partial charge in [0, 0.05) is 0 Å². The minimum Gasteiger partial charge on any atom is -1.00 e. The molecule has 0 aromatic rings. The molecule has 0 fully saturated rings. The van der Waals surface area contributed by atoms with Crippen LogP contribution in [0.5, 0.6) is 0 Å². The molecule has 29 valence electrons. The molecule has 0 rings (SSSR count). The molecule has 0 saturated carbocycles. The largest absolute Gasteiger partial charge is 2.00 e. The van der Waals surface area contributed by atoms with E-state index in [1.54, 1.807) is 0 Å². The molecule has 0 aliphatic rings. The molecule has 0 bridgehead atoms. The van der Waals surface area contributed by atoms with E-state index in [4.69, 9.17) is 0 Å². The maximum absolute atomic E-state index is 0. The Morgan fingerprint density at radius 3 is 0.500 bits per heavy atom. The molecule has 0 aliphatic heterocycles. The number of halogens is 3. The second kappa shape index (κ2) is 15.9. The van der Waals surface area contributed by atoms with Crippen LogP contribution < -0.4 is 71.9 Å². The van der Waals surface area contributed by atoms with Crippen molar-refractivity contribution in [3.05, 3.63) is 0 Å². The smallest absolute Gasteiger partial charge is 1.00 e. The third kappa shape index (κ3) is 9.24. The van der Waals surface area contributed by atoms with Gasteiger partial charge < -0.3 is 71.9 Å². The van der Waals surface area contributed by atoms with Gasteiger partial charge in [-0.25, -0.2) is 0 Å². The summed E-state index contributed by atoms with van der Waals surface area (Å²) in [6, 6.07) is 0. The van der Waals surface area contributed by atoms with Gasteiger partial charge in [-0.1, -0.05) is 0 Å². The zero-order valence-electron chi connectivity index (χ0n) is 1.51. The van der Waals surface area contributed by atoms with Crippen LogP contribution in [-0.4, -0.2) is 0 Å². The van der Waals surface area contributed by atoms with Crippen molar-refractivity contribution >= 4 is 0 Å². The fraction of sp³-hybridized carbons (Fsp3) is 0. The summed E-state index contributed by atoms with van der Waals surface area (Å²) in [6.45, 7) is 0. The van der Waals surface area contributed by atoms with Crippen molar-refractivity contribution in [2.24, 2.45) is 0 Å². The van der Waals surface area contributed by atoms with Crippen LogP contribution in [0.3, 0.4) is 0 Å². The van der Waals surface area contributed by atoms with Crippen molar-refractivity contribution in [2.75, 3.05) is 0 Å². The molecule has 0 nitrogen and oxygen atoms in total. The Morgan fingerprint density at radius 1 is 0.500 bits per heavy atom. The van der Waals surface area contributed by atoms with Gasteiger partial charge in [0.15, 0.2) is 0 Å². The van der Waals surface area contributed by atoms with Crippen molar-refractivity contribution in [1.82, 2.24) is 0 Å². The zero-order valence-corrected chi connectivity index (χ0v) is 10.4. The Balaban J connectivity index is 0. The van der Waals surface area contributed by atoms with Crippen molar-refractivity contribution in [3.8, 4) is 0 Å². The van der Waals surface area contributed by atoms with E-state index in [0.717, 1.165) is 0 Å². The van der Waals surface area contributed by atoms with Gasteiger partial charge in [-0.2, -0.15) is 0 Å². The molecule has 0 heterocycles. The topological polar surface area (TPSA) is 0 Å². The molecule has 0 spiro atoms. The van der Waals surface area contributed by atoms with Crippen LogP contribution in [0.15, 0.2) is 0 Å². The summed E-state index contributed by atoms with van der Waals surface area (Å²) in [4.78, 5) is 0. The first-order valence-corrected chi connectivity index (χ1v) is 0. The van der Waals surface area contributed by atoms with Gasteiger partial charge in [0.1, 0.15) is 0 Å². The van der Waals surface area contributed by atoms with Crippen LogP contribution >= 0.6 is 0 Å². The van der Waals surface area contributed by atoms with Crippen LogP contribution in [0.4, 0.5) is 0 Å². The van der Waals surface area contributed by atoms with Gasteiger partial charge in [0.05, 0.1) is 0 Å². The molecule has 4 heavy (non-hydrogen) atoms. The summed E-state index contributed by atoms with van der Waals surface area (Å²) < 4.78 is 0. The summed E-state index contributed by atoms with van der Waals surface area (Å²) in [6.07, 6.45) is 0. The second-order valence-corrected chi connectivity index (χ2v) is 0. The number of hydrogen-bond donors (Lipinski definition) is 0. The molecular formula is EuI3-. The minimum absolute atomic E-state index is 0. The van der Waals surface area contributed by atoms with E-state index in [-0.39, 0.29) is 121 Å². The first kappa shape index (κ1) is 25.0. The summed E-state index contributed by atoms with van der Waals surface area (Å²) in [5.41, 5.74) is 0. The molecule has 0 amide bonds. The third-order valence-corrected chi connectivity index (χ3v) is 0. The van der Waals surface area contributed by atoms with E-state index in [0.29, 0.717) is 0 Å². The second-order valence-electron chi connectivity index (χ2n) is 0. The van der Waals surface area contributed by atoms with Gasteiger partial charge in [-0.05, 0) is 0 Å². The Morgan fingerprint density at radius 2 is 0.500 bits per heavy atom. The summed E-state index contributed by atoms with van der Waals surface area (Å²) >= 11 is 0. The predicted octanol–water partition coefficient (Wildman–Crippen LogP) is -8.99. The van der Waals surface area contributed by atoms with Gasteiger partial charge in [-0.3, -0.25) is 0 Å². The van der Waals surface area contributed by atoms with E-state index < -0.39 is 0 Å². The molecule has 4 heteroatoms. The number of hydrogen-bond acceptors (Lipinski definition) is 0. The van der Waals surface area contributed by atoms with E-state index >= 15 is 0 Å². The number of rotatable bonds is 0. The van der Waals surface area contributed by atoms with Crippen LogP contribution in [0.1, 0.15) is 0 Å². The van der Waals surface area contributed by atoms with Crippen molar-refractivity contribution in [2.45, 2.75) is 0 Å². The Labute approximate surface area is 118 Å². The van der Waals surface area contributed by atoms with E-state index in [2.05, 4.69) is 0 Å². The Hall–Kier alpha value is 3.77. The van der Waals surface area contributed by atoms with Crippen LogP contribution in [0.2, 0.25) is 0 Å². The average molecular weight is 533 g/mol.